The molecule has 0 bridgehead atoms. The Bertz CT molecular complexity index is 602. The van der Waals surface area contributed by atoms with Gasteiger partial charge in [-0.05, 0) is 23.1 Å². The van der Waals surface area contributed by atoms with Crippen molar-refractivity contribution in [2.45, 2.75) is 26.8 Å². The van der Waals surface area contributed by atoms with E-state index in [9.17, 15) is 4.39 Å². The number of nitrogens with one attached hydrogen (secondary N) is 1. The molecule has 4 nitrogen and oxygen atoms in total. The van der Waals surface area contributed by atoms with Gasteiger partial charge in [0.25, 0.3) is 0 Å². The molecule has 1 unspecified atom stereocenters. The molecule has 0 saturated carbocycles. The molecule has 112 valence electrons. The van der Waals surface area contributed by atoms with Gasteiger partial charge in [-0.2, -0.15) is 4.98 Å². The van der Waals surface area contributed by atoms with Crippen LogP contribution < -0.4 is 11.1 Å². The standard InChI is InChI=1S/C15H18ClFN4/c1-15(2,3)13(9-4-6-10(17)7-5-9)20-12-8-11(16)19-14(18)21-12/h4-8,13H,1-3H3,(H3,18,19,20,21). The first-order chi connectivity index (χ1) is 9.75. The molecule has 0 fully saturated rings. The Balaban J connectivity index is 2.35. The molecular formula is C15H18ClFN4. The lowest BCUT2D eigenvalue weighted by atomic mass is 9.82. The van der Waals surface area contributed by atoms with Crippen LogP contribution in [0.25, 0.3) is 0 Å². The van der Waals surface area contributed by atoms with Crippen molar-refractivity contribution in [3.8, 4) is 0 Å². The number of halogens is 2. The number of nitrogen functional groups attached to an aromatic ring is 1. The second-order valence-corrected chi connectivity index (χ2v) is 6.32. The summed E-state index contributed by atoms with van der Waals surface area (Å²) in [5, 5.41) is 3.57. The minimum absolute atomic E-state index is 0.0801. The van der Waals surface area contributed by atoms with E-state index in [0.29, 0.717) is 5.82 Å². The fourth-order valence-corrected chi connectivity index (χ4v) is 2.30. The largest absolute Gasteiger partial charge is 0.368 e. The molecule has 0 aliphatic rings. The number of aromatic nitrogens is 2. The number of hydrogen-bond donors (Lipinski definition) is 2. The summed E-state index contributed by atoms with van der Waals surface area (Å²) in [6.07, 6.45) is 0. The van der Waals surface area contributed by atoms with Gasteiger partial charge in [0.05, 0.1) is 6.04 Å². The van der Waals surface area contributed by atoms with Crippen LogP contribution in [-0.2, 0) is 0 Å². The van der Waals surface area contributed by atoms with Crippen molar-refractivity contribution in [2.75, 3.05) is 11.1 Å². The summed E-state index contributed by atoms with van der Waals surface area (Å²) >= 11 is 5.89. The van der Waals surface area contributed by atoms with Gasteiger partial charge in [0.15, 0.2) is 0 Å². The van der Waals surface area contributed by atoms with Gasteiger partial charge in [0, 0.05) is 6.07 Å². The first-order valence-electron chi connectivity index (χ1n) is 6.58. The highest BCUT2D eigenvalue weighted by Crippen LogP contribution is 2.35. The highest BCUT2D eigenvalue weighted by Gasteiger charge is 2.26. The van der Waals surface area contributed by atoms with Crippen LogP contribution in [0.4, 0.5) is 16.2 Å². The summed E-state index contributed by atoms with van der Waals surface area (Å²) in [5.74, 6) is 0.384. The van der Waals surface area contributed by atoms with E-state index in [2.05, 4.69) is 36.1 Å². The molecule has 1 aromatic carbocycles. The molecule has 21 heavy (non-hydrogen) atoms. The molecule has 0 spiro atoms. The fourth-order valence-electron chi connectivity index (χ4n) is 2.11. The van der Waals surface area contributed by atoms with Gasteiger partial charge in [-0.25, -0.2) is 9.37 Å². The van der Waals surface area contributed by atoms with E-state index >= 15 is 0 Å². The van der Waals surface area contributed by atoms with E-state index in [4.69, 9.17) is 17.3 Å². The van der Waals surface area contributed by atoms with Crippen molar-refractivity contribution in [1.82, 2.24) is 9.97 Å². The second kappa shape index (κ2) is 5.85. The van der Waals surface area contributed by atoms with Gasteiger partial charge in [-0.15, -0.1) is 0 Å². The third-order valence-electron chi connectivity index (χ3n) is 3.07. The van der Waals surface area contributed by atoms with Gasteiger partial charge in [-0.3, -0.25) is 0 Å². The first kappa shape index (κ1) is 15.5. The molecule has 0 amide bonds. The highest BCUT2D eigenvalue weighted by atomic mass is 35.5. The Kier molecular flexibility index (Phi) is 4.32. The average Bonchev–Trinajstić information content (AvgIpc) is 2.35. The normalized spacial score (nSPS) is 13.0. The molecule has 0 aliphatic carbocycles. The third-order valence-corrected chi connectivity index (χ3v) is 3.27. The van der Waals surface area contributed by atoms with Gasteiger partial charge in [0.1, 0.15) is 16.8 Å². The van der Waals surface area contributed by atoms with Crippen LogP contribution in [0.15, 0.2) is 30.3 Å². The van der Waals surface area contributed by atoms with Crippen molar-refractivity contribution in [1.29, 1.82) is 0 Å². The molecule has 1 atom stereocenters. The van der Waals surface area contributed by atoms with Gasteiger partial charge in [-0.1, -0.05) is 44.5 Å². The van der Waals surface area contributed by atoms with Crippen LogP contribution in [0.5, 0.6) is 0 Å². The van der Waals surface area contributed by atoms with Crippen molar-refractivity contribution >= 4 is 23.4 Å². The van der Waals surface area contributed by atoms with E-state index in [1.165, 1.54) is 12.1 Å². The van der Waals surface area contributed by atoms with Gasteiger partial charge in [0.2, 0.25) is 5.95 Å². The summed E-state index contributed by atoms with van der Waals surface area (Å²) in [4.78, 5) is 7.96. The Labute approximate surface area is 128 Å². The summed E-state index contributed by atoms with van der Waals surface area (Å²) in [6, 6.07) is 7.92. The van der Waals surface area contributed by atoms with E-state index in [1.807, 2.05) is 0 Å². The monoisotopic (exact) mass is 308 g/mol. The predicted octanol–water partition coefficient (Wildman–Crippen LogP) is 4.05. The topological polar surface area (TPSA) is 63.8 Å². The fraction of sp³-hybridized carbons (Fsp3) is 0.333. The molecule has 0 radical (unpaired) electrons. The van der Waals surface area contributed by atoms with E-state index in [-0.39, 0.29) is 28.4 Å². The van der Waals surface area contributed by atoms with Crippen LogP contribution in [0, 0.1) is 11.2 Å². The maximum Gasteiger partial charge on any atom is 0.223 e. The molecule has 1 aromatic heterocycles. The van der Waals surface area contributed by atoms with Crippen LogP contribution >= 0.6 is 11.6 Å². The molecule has 2 rings (SSSR count). The highest BCUT2D eigenvalue weighted by molar-refractivity contribution is 6.29. The maximum absolute atomic E-state index is 13.1. The molecule has 1 heterocycles. The SMILES string of the molecule is CC(C)(C)C(Nc1cc(Cl)nc(N)n1)c1ccc(F)cc1. The van der Waals surface area contributed by atoms with Gasteiger partial charge < -0.3 is 11.1 Å². The van der Waals surface area contributed by atoms with Crippen LogP contribution in [0.2, 0.25) is 5.15 Å². The molecule has 3 N–H and O–H groups in total. The van der Waals surface area contributed by atoms with E-state index < -0.39 is 0 Å². The Morgan fingerprint density at radius 1 is 1.19 bits per heavy atom. The minimum Gasteiger partial charge on any atom is -0.368 e. The first-order valence-corrected chi connectivity index (χ1v) is 6.95. The molecule has 2 aromatic rings. The number of nitrogens with zero attached hydrogens (tertiary/aromatic N) is 2. The Morgan fingerprint density at radius 3 is 2.33 bits per heavy atom. The number of anilines is 2. The minimum atomic E-state index is -0.263. The van der Waals surface area contributed by atoms with Crippen molar-refractivity contribution < 1.29 is 4.39 Å². The zero-order valence-electron chi connectivity index (χ0n) is 12.2. The van der Waals surface area contributed by atoms with Crippen LogP contribution in [0.1, 0.15) is 32.4 Å². The lowest BCUT2D eigenvalue weighted by Crippen LogP contribution is -2.26. The maximum atomic E-state index is 13.1. The predicted molar refractivity (Wildman–Crippen MR) is 83.7 cm³/mol. The number of rotatable bonds is 3. The average molecular weight is 309 g/mol. The zero-order chi connectivity index (χ0) is 15.6. The van der Waals surface area contributed by atoms with Crippen LogP contribution in [-0.4, -0.2) is 9.97 Å². The molecular weight excluding hydrogens is 291 g/mol. The molecule has 0 saturated heterocycles. The quantitative estimate of drug-likeness (QED) is 0.840. The lowest BCUT2D eigenvalue weighted by molar-refractivity contribution is 0.346. The van der Waals surface area contributed by atoms with E-state index in [0.717, 1.165) is 5.56 Å². The summed E-state index contributed by atoms with van der Waals surface area (Å²) in [7, 11) is 0. The van der Waals surface area contributed by atoms with Gasteiger partial charge >= 0.3 is 0 Å². The number of benzene rings is 1. The summed E-state index contributed by atoms with van der Waals surface area (Å²) < 4.78 is 13.1. The van der Waals surface area contributed by atoms with Crippen molar-refractivity contribution in [3.05, 3.63) is 46.9 Å². The Hall–Kier alpha value is -1.88. The summed E-state index contributed by atoms with van der Waals surface area (Å²) in [6.45, 7) is 6.25. The number of hydrogen-bond acceptors (Lipinski definition) is 4. The third kappa shape index (κ3) is 4.04. The second-order valence-electron chi connectivity index (χ2n) is 5.93. The van der Waals surface area contributed by atoms with Crippen molar-refractivity contribution in [2.24, 2.45) is 5.41 Å². The van der Waals surface area contributed by atoms with Crippen molar-refractivity contribution in [3.63, 3.8) is 0 Å². The van der Waals surface area contributed by atoms with E-state index in [1.54, 1.807) is 18.2 Å². The Morgan fingerprint density at radius 2 is 1.81 bits per heavy atom. The number of nitrogens with two attached hydrogens (primary N) is 1. The molecule has 6 heteroatoms. The zero-order valence-corrected chi connectivity index (χ0v) is 12.9. The lowest BCUT2D eigenvalue weighted by Gasteiger charge is -2.32. The van der Waals surface area contributed by atoms with Crippen LogP contribution in [0.3, 0.4) is 0 Å². The molecule has 0 aliphatic heterocycles. The summed E-state index contributed by atoms with van der Waals surface area (Å²) in [5.41, 5.74) is 6.44. The smallest absolute Gasteiger partial charge is 0.223 e.